The first-order valence-electron chi connectivity index (χ1n) is 8.96. The molecule has 6 heteroatoms. The summed E-state index contributed by atoms with van der Waals surface area (Å²) in [5, 5.41) is 1.99. The van der Waals surface area contributed by atoms with Gasteiger partial charge in [0.1, 0.15) is 0 Å². The Hall–Kier alpha value is -2.44. The maximum atomic E-state index is 13.2. The Balaban J connectivity index is 1.86. The number of rotatable bonds is 7. The van der Waals surface area contributed by atoms with Crippen molar-refractivity contribution in [2.24, 2.45) is 5.92 Å². The summed E-state index contributed by atoms with van der Waals surface area (Å²) in [6, 6.07) is 18.2. The van der Waals surface area contributed by atoms with E-state index in [-0.39, 0.29) is 10.8 Å². The molecule has 0 bridgehead atoms. The number of hydrogen-bond donors (Lipinski definition) is 1. The van der Waals surface area contributed by atoms with Crippen molar-refractivity contribution in [3.05, 3.63) is 78.9 Å². The molecule has 0 aliphatic carbocycles. The molecule has 1 heterocycles. The highest BCUT2D eigenvalue weighted by molar-refractivity contribution is 7.92. The van der Waals surface area contributed by atoms with Crippen molar-refractivity contribution in [2.75, 3.05) is 19.6 Å². The van der Waals surface area contributed by atoms with Gasteiger partial charge in [0.15, 0.2) is 9.84 Å². The fraction of sp³-hybridized carbons (Fsp3) is 0.286. The summed E-state index contributed by atoms with van der Waals surface area (Å²) in [7, 11) is -3.61. The van der Waals surface area contributed by atoms with Crippen LogP contribution in [0.2, 0.25) is 0 Å². The summed E-state index contributed by atoms with van der Waals surface area (Å²) in [5.74, 6) is -0.853. The van der Waals surface area contributed by atoms with Crippen LogP contribution >= 0.6 is 0 Å². The number of carbonyl (C=O) groups excluding carboxylic acids is 1. The minimum Gasteiger partial charge on any atom is -0.352 e. The zero-order valence-electron chi connectivity index (χ0n) is 15.1. The van der Waals surface area contributed by atoms with Crippen molar-refractivity contribution in [1.29, 1.82) is 0 Å². The molecule has 27 heavy (non-hydrogen) atoms. The van der Waals surface area contributed by atoms with E-state index in [9.17, 15) is 13.2 Å². The number of amides is 1. The van der Waals surface area contributed by atoms with Gasteiger partial charge in [-0.05, 0) is 17.7 Å². The molecule has 2 aromatic carbocycles. The number of likely N-dealkylation sites (tertiary alicyclic amines) is 1. The molecule has 2 aromatic rings. The third-order valence-electron chi connectivity index (χ3n) is 4.82. The van der Waals surface area contributed by atoms with Crippen molar-refractivity contribution in [3.8, 4) is 0 Å². The lowest BCUT2D eigenvalue weighted by molar-refractivity contribution is -0.124. The number of nitrogens with zero attached hydrogens (tertiary/aromatic N) is 1. The van der Waals surface area contributed by atoms with Crippen LogP contribution in [0, 0.1) is 5.92 Å². The number of carbonyl (C=O) groups is 1. The second-order valence-electron chi connectivity index (χ2n) is 6.72. The fourth-order valence-electron chi connectivity index (χ4n) is 3.48. The average molecular weight is 385 g/mol. The lowest BCUT2D eigenvalue weighted by atomic mass is 10.1. The van der Waals surface area contributed by atoms with Crippen LogP contribution in [0.15, 0.2) is 78.2 Å². The molecule has 0 aromatic heterocycles. The van der Waals surface area contributed by atoms with E-state index in [0.29, 0.717) is 26.2 Å². The minimum absolute atomic E-state index is 0.241. The van der Waals surface area contributed by atoms with Crippen LogP contribution in [0.25, 0.3) is 0 Å². The highest BCUT2D eigenvalue weighted by Crippen LogP contribution is 2.29. The second kappa shape index (κ2) is 8.50. The SMILES string of the molecule is C=CCNC(=O)[C@@H]1CN(Cc2ccccc2)C[C@H]1S(=O)(=O)c1ccccc1. The summed E-state index contributed by atoms with van der Waals surface area (Å²) in [6.07, 6.45) is 1.59. The van der Waals surface area contributed by atoms with E-state index in [4.69, 9.17) is 0 Å². The molecule has 2 atom stereocenters. The van der Waals surface area contributed by atoms with Crippen molar-refractivity contribution >= 4 is 15.7 Å². The Kier molecular flexibility index (Phi) is 6.08. The average Bonchev–Trinajstić information content (AvgIpc) is 3.12. The molecule has 142 valence electrons. The Bertz CT molecular complexity index is 882. The van der Waals surface area contributed by atoms with Crippen LogP contribution in [-0.2, 0) is 21.2 Å². The Morgan fingerprint density at radius 2 is 1.70 bits per heavy atom. The lowest BCUT2D eigenvalue weighted by Gasteiger charge is -2.18. The number of hydrogen-bond acceptors (Lipinski definition) is 4. The van der Waals surface area contributed by atoms with Gasteiger partial charge in [-0.25, -0.2) is 8.42 Å². The molecular weight excluding hydrogens is 360 g/mol. The van der Waals surface area contributed by atoms with Crippen molar-refractivity contribution in [2.45, 2.75) is 16.7 Å². The van der Waals surface area contributed by atoms with E-state index in [1.54, 1.807) is 36.4 Å². The van der Waals surface area contributed by atoms with E-state index in [1.807, 2.05) is 35.2 Å². The van der Waals surface area contributed by atoms with Gasteiger partial charge < -0.3 is 5.32 Å². The maximum Gasteiger partial charge on any atom is 0.226 e. The molecule has 3 rings (SSSR count). The van der Waals surface area contributed by atoms with Crippen LogP contribution in [0.3, 0.4) is 0 Å². The zero-order chi connectivity index (χ0) is 19.3. The molecule has 1 saturated heterocycles. The summed E-state index contributed by atoms with van der Waals surface area (Å²) < 4.78 is 26.4. The molecule has 5 nitrogen and oxygen atoms in total. The van der Waals surface area contributed by atoms with Crippen molar-refractivity contribution < 1.29 is 13.2 Å². The van der Waals surface area contributed by atoms with Gasteiger partial charge in [0, 0.05) is 26.2 Å². The molecular formula is C21H24N2O3S. The van der Waals surface area contributed by atoms with Crippen LogP contribution in [0.1, 0.15) is 5.56 Å². The fourth-order valence-corrected chi connectivity index (χ4v) is 5.41. The maximum absolute atomic E-state index is 13.2. The third kappa shape index (κ3) is 4.46. The van der Waals surface area contributed by atoms with Gasteiger partial charge in [-0.1, -0.05) is 54.6 Å². The van der Waals surface area contributed by atoms with Gasteiger partial charge in [0.05, 0.1) is 16.1 Å². The number of nitrogens with one attached hydrogen (secondary N) is 1. The first-order valence-corrected chi connectivity index (χ1v) is 10.5. The third-order valence-corrected chi connectivity index (χ3v) is 7.02. The van der Waals surface area contributed by atoms with E-state index in [1.165, 1.54) is 0 Å². The summed E-state index contributed by atoms with van der Waals surface area (Å²) in [5.41, 5.74) is 1.10. The van der Waals surface area contributed by atoms with Crippen molar-refractivity contribution in [3.63, 3.8) is 0 Å². The largest absolute Gasteiger partial charge is 0.352 e. The normalized spacial score (nSPS) is 20.3. The first-order chi connectivity index (χ1) is 13.0. The van der Waals surface area contributed by atoms with Gasteiger partial charge >= 0.3 is 0 Å². The molecule has 0 radical (unpaired) electrons. The Morgan fingerprint density at radius 1 is 1.07 bits per heavy atom. The van der Waals surface area contributed by atoms with Crippen LogP contribution < -0.4 is 5.32 Å². The van der Waals surface area contributed by atoms with Gasteiger partial charge in [0.25, 0.3) is 0 Å². The van der Waals surface area contributed by atoms with Crippen LogP contribution in [0.5, 0.6) is 0 Å². The predicted molar refractivity (Wildman–Crippen MR) is 106 cm³/mol. The molecule has 0 saturated carbocycles. The highest BCUT2D eigenvalue weighted by Gasteiger charge is 2.45. The first kappa shape index (κ1) is 19.3. The Morgan fingerprint density at radius 3 is 2.33 bits per heavy atom. The molecule has 1 aliphatic heterocycles. The summed E-state index contributed by atoms with van der Waals surface area (Å²) in [6.45, 7) is 5.29. The summed E-state index contributed by atoms with van der Waals surface area (Å²) >= 11 is 0. The van der Waals surface area contributed by atoms with Gasteiger partial charge in [0.2, 0.25) is 5.91 Å². The quantitative estimate of drug-likeness (QED) is 0.744. The van der Waals surface area contributed by atoms with E-state index in [2.05, 4.69) is 11.9 Å². The van der Waals surface area contributed by atoms with E-state index < -0.39 is 21.0 Å². The predicted octanol–water partition coefficient (Wildman–Crippen LogP) is 2.26. The smallest absolute Gasteiger partial charge is 0.226 e. The van der Waals surface area contributed by atoms with Crippen molar-refractivity contribution in [1.82, 2.24) is 10.2 Å². The molecule has 0 unspecified atom stereocenters. The molecule has 0 spiro atoms. The molecule has 1 N–H and O–H groups in total. The second-order valence-corrected chi connectivity index (χ2v) is 8.88. The summed E-state index contributed by atoms with van der Waals surface area (Å²) in [4.78, 5) is 14.9. The minimum atomic E-state index is -3.61. The van der Waals surface area contributed by atoms with E-state index >= 15 is 0 Å². The van der Waals surface area contributed by atoms with E-state index in [0.717, 1.165) is 5.56 Å². The topological polar surface area (TPSA) is 66.5 Å². The monoisotopic (exact) mass is 384 g/mol. The number of benzene rings is 2. The molecule has 1 amide bonds. The highest BCUT2D eigenvalue weighted by atomic mass is 32.2. The zero-order valence-corrected chi connectivity index (χ0v) is 15.9. The van der Waals surface area contributed by atoms with Gasteiger partial charge in [-0.2, -0.15) is 0 Å². The van der Waals surface area contributed by atoms with Gasteiger partial charge in [-0.3, -0.25) is 9.69 Å². The molecule has 1 fully saturated rings. The number of sulfone groups is 1. The standard InChI is InChI=1S/C21H24N2O3S/c1-2-13-22-21(24)19-15-23(14-17-9-5-3-6-10-17)16-20(19)27(25,26)18-11-7-4-8-12-18/h2-12,19-20H,1,13-16H2,(H,22,24)/t19-,20-/m1/s1. The Labute approximate surface area is 160 Å². The van der Waals surface area contributed by atoms with Crippen LogP contribution in [0.4, 0.5) is 0 Å². The lowest BCUT2D eigenvalue weighted by Crippen LogP contribution is -2.40. The van der Waals surface area contributed by atoms with Gasteiger partial charge in [-0.15, -0.1) is 6.58 Å². The molecule has 1 aliphatic rings. The van der Waals surface area contributed by atoms with Crippen LogP contribution in [-0.4, -0.2) is 44.1 Å².